The predicted molar refractivity (Wildman–Crippen MR) is 110 cm³/mol. The fraction of sp³-hybridized carbons (Fsp3) is 0.571. The Hall–Kier alpha value is -2.02. The molecule has 0 radical (unpaired) electrons. The minimum atomic E-state index is -0.427. The van der Waals surface area contributed by atoms with E-state index < -0.39 is 6.04 Å². The first kappa shape index (κ1) is 19.3. The summed E-state index contributed by atoms with van der Waals surface area (Å²) in [5, 5.41) is 2.92. The maximum absolute atomic E-state index is 12.8. The van der Waals surface area contributed by atoms with Crippen LogP contribution < -0.4 is 5.32 Å². The monoisotopic (exact) mass is 401 g/mol. The summed E-state index contributed by atoms with van der Waals surface area (Å²) in [7, 11) is 0. The second-order valence-corrected chi connectivity index (χ2v) is 9.54. The van der Waals surface area contributed by atoms with E-state index in [9.17, 15) is 14.4 Å². The van der Waals surface area contributed by atoms with Gasteiger partial charge in [-0.1, -0.05) is 12.8 Å². The Balaban J connectivity index is 1.40. The number of hydrogen-bond donors (Lipinski definition) is 1. The molecule has 0 spiro atoms. The first-order chi connectivity index (χ1) is 13.5. The molecule has 4 rings (SSSR count). The smallest absolute Gasteiger partial charge is 0.253 e. The van der Waals surface area contributed by atoms with Gasteiger partial charge in [0.2, 0.25) is 11.8 Å². The number of carbonyl (C=O) groups excluding carboxylic acids is 3. The largest absolute Gasteiger partial charge is 0.339 e. The van der Waals surface area contributed by atoms with Gasteiger partial charge in [-0.15, -0.1) is 11.8 Å². The first-order valence-electron chi connectivity index (χ1n) is 10.1. The summed E-state index contributed by atoms with van der Waals surface area (Å²) in [6, 6.07) is 6.67. The Morgan fingerprint density at radius 2 is 1.79 bits per heavy atom. The minimum absolute atomic E-state index is 0.0606. The van der Waals surface area contributed by atoms with Crippen LogP contribution in [-0.4, -0.2) is 57.3 Å². The van der Waals surface area contributed by atoms with Gasteiger partial charge in [-0.25, -0.2) is 0 Å². The zero-order valence-electron chi connectivity index (χ0n) is 16.3. The van der Waals surface area contributed by atoms with Crippen molar-refractivity contribution in [2.75, 3.05) is 24.2 Å². The molecular weight excluding hydrogens is 374 g/mol. The molecule has 0 unspecified atom stereocenters. The molecule has 3 heterocycles. The molecule has 3 amide bonds. The third-order valence-electron chi connectivity index (χ3n) is 6.04. The summed E-state index contributed by atoms with van der Waals surface area (Å²) in [6.45, 7) is 3.68. The third kappa shape index (κ3) is 3.64. The van der Waals surface area contributed by atoms with Crippen LogP contribution in [0, 0.1) is 0 Å². The maximum atomic E-state index is 12.8. The van der Waals surface area contributed by atoms with E-state index >= 15 is 0 Å². The average Bonchev–Trinajstić information content (AvgIpc) is 3.03. The molecule has 0 bridgehead atoms. The van der Waals surface area contributed by atoms with Crippen molar-refractivity contribution in [3.63, 3.8) is 0 Å². The molecule has 3 aliphatic heterocycles. The molecular formula is C21H27N3O3S. The number of thioether (sulfide) groups is 1. The predicted octanol–water partition coefficient (Wildman–Crippen LogP) is 3.10. The van der Waals surface area contributed by atoms with E-state index in [2.05, 4.69) is 5.32 Å². The summed E-state index contributed by atoms with van der Waals surface area (Å²) in [5.74, 6) is 0.592. The lowest BCUT2D eigenvalue weighted by atomic mass is 10.1. The summed E-state index contributed by atoms with van der Waals surface area (Å²) in [6.07, 6.45) is 5.81. The Morgan fingerprint density at radius 1 is 1.11 bits per heavy atom. The number of amides is 3. The van der Waals surface area contributed by atoms with Gasteiger partial charge in [-0.2, -0.15) is 0 Å². The summed E-state index contributed by atoms with van der Waals surface area (Å²) in [4.78, 5) is 41.1. The number of benzene rings is 1. The molecule has 1 N–H and O–H groups in total. The Morgan fingerprint density at radius 3 is 2.46 bits per heavy atom. The van der Waals surface area contributed by atoms with Gasteiger partial charge in [-0.05, 0) is 50.5 Å². The van der Waals surface area contributed by atoms with Crippen molar-refractivity contribution in [3.05, 3.63) is 29.8 Å². The highest BCUT2D eigenvalue weighted by molar-refractivity contribution is 8.01. The lowest BCUT2D eigenvalue weighted by Gasteiger charge is -2.29. The van der Waals surface area contributed by atoms with Crippen molar-refractivity contribution in [1.29, 1.82) is 0 Å². The van der Waals surface area contributed by atoms with Crippen LogP contribution in [0.1, 0.15) is 55.8 Å². The van der Waals surface area contributed by atoms with Crippen LogP contribution in [0.4, 0.5) is 5.69 Å². The second-order valence-electron chi connectivity index (χ2n) is 8.04. The lowest BCUT2D eigenvalue weighted by molar-refractivity contribution is -0.135. The van der Waals surface area contributed by atoms with Crippen LogP contribution in [0.15, 0.2) is 24.3 Å². The van der Waals surface area contributed by atoms with Gasteiger partial charge in [0.15, 0.2) is 0 Å². The molecule has 6 nitrogen and oxygen atoms in total. The standard InChI is InChI=1S/C21H27N3O3S/c1-21-11-10-18(25)24(21)17(14-28-21)19(26)22-16-8-6-15(7-9-16)20(27)23-12-4-2-3-5-13-23/h6-9,17H,2-5,10-14H2,1H3,(H,22,26)/t17-,21-/m0/s1. The Kier molecular flexibility index (Phi) is 5.36. The van der Waals surface area contributed by atoms with Gasteiger partial charge in [0, 0.05) is 36.5 Å². The molecule has 3 saturated heterocycles. The van der Waals surface area contributed by atoms with Crippen molar-refractivity contribution in [2.45, 2.75) is 56.4 Å². The van der Waals surface area contributed by atoms with E-state index in [1.165, 1.54) is 12.8 Å². The molecule has 1 aromatic carbocycles. The van der Waals surface area contributed by atoms with Crippen LogP contribution in [0.2, 0.25) is 0 Å². The number of hydrogen-bond acceptors (Lipinski definition) is 4. The lowest BCUT2D eigenvalue weighted by Crippen LogP contribution is -2.48. The van der Waals surface area contributed by atoms with Crippen molar-refractivity contribution < 1.29 is 14.4 Å². The van der Waals surface area contributed by atoms with Gasteiger partial charge in [-0.3, -0.25) is 14.4 Å². The van der Waals surface area contributed by atoms with E-state index in [-0.39, 0.29) is 22.6 Å². The summed E-state index contributed by atoms with van der Waals surface area (Å²) >= 11 is 1.68. The van der Waals surface area contributed by atoms with Crippen LogP contribution in [-0.2, 0) is 9.59 Å². The van der Waals surface area contributed by atoms with Gasteiger partial charge in [0.05, 0.1) is 4.87 Å². The number of nitrogens with one attached hydrogen (secondary N) is 1. The Bertz CT molecular complexity index is 774. The molecule has 7 heteroatoms. The van der Waals surface area contributed by atoms with Crippen LogP contribution >= 0.6 is 11.8 Å². The minimum Gasteiger partial charge on any atom is -0.339 e. The van der Waals surface area contributed by atoms with Crippen LogP contribution in [0.25, 0.3) is 0 Å². The molecule has 1 aromatic rings. The van der Waals surface area contributed by atoms with E-state index in [0.717, 1.165) is 32.4 Å². The molecule has 0 aromatic heterocycles. The SMILES string of the molecule is C[C@]12CCC(=O)N1[C@H](C(=O)Nc1ccc(C(=O)N3CCCCCC3)cc1)CS2. The van der Waals surface area contributed by atoms with Crippen molar-refractivity contribution in [3.8, 4) is 0 Å². The van der Waals surface area contributed by atoms with E-state index in [4.69, 9.17) is 0 Å². The molecule has 150 valence electrons. The molecule has 0 saturated carbocycles. The second kappa shape index (κ2) is 7.78. The van der Waals surface area contributed by atoms with Crippen LogP contribution in [0.3, 0.4) is 0 Å². The highest BCUT2D eigenvalue weighted by Gasteiger charge is 2.52. The molecule has 3 fully saturated rings. The van der Waals surface area contributed by atoms with Gasteiger partial charge < -0.3 is 15.1 Å². The average molecular weight is 402 g/mol. The van der Waals surface area contributed by atoms with Gasteiger partial charge in [0.25, 0.3) is 5.91 Å². The highest BCUT2D eigenvalue weighted by atomic mass is 32.2. The zero-order chi connectivity index (χ0) is 19.7. The van der Waals surface area contributed by atoms with E-state index in [0.29, 0.717) is 23.4 Å². The summed E-state index contributed by atoms with van der Waals surface area (Å²) in [5.41, 5.74) is 1.31. The number of nitrogens with zero attached hydrogens (tertiary/aromatic N) is 2. The number of fused-ring (bicyclic) bond motifs is 1. The zero-order valence-corrected chi connectivity index (χ0v) is 17.1. The topological polar surface area (TPSA) is 69.7 Å². The van der Waals surface area contributed by atoms with Crippen molar-refractivity contribution in [2.24, 2.45) is 0 Å². The van der Waals surface area contributed by atoms with Crippen LogP contribution in [0.5, 0.6) is 0 Å². The third-order valence-corrected chi connectivity index (χ3v) is 7.55. The normalized spacial score (nSPS) is 27.5. The number of anilines is 1. The maximum Gasteiger partial charge on any atom is 0.253 e. The number of likely N-dealkylation sites (tertiary alicyclic amines) is 1. The van der Waals surface area contributed by atoms with E-state index in [1.807, 2.05) is 11.8 Å². The molecule has 0 aliphatic carbocycles. The van der Waals surface area contributed by atoms with E-state index in [1.54, 1.807) is 40.9 Å². The van der Waals surface area contributed by atoms with Crippen molar-refractivity contribution in [1.82, 2.24) is 9.80 Å². The van der Waals surface area contributed by atoms with Gasteiger partial charge >= 0.3 is 0 Å². The molecule has 28 heavy (non-hydrogen) atoms. The summed E-state index contributed by atoms with van der Waals surface area (Å²) < 4.78 is 0. The fourth-order valence-corrected chi connectivity index (χ4v) is 5.82. The quantitative estimate of drug-likeness (QED) is 0.845. The first-order valence-corrected chi connectivity index (χ1v) is 11.1. The fourth-order valence-electron chi connectivity index (χ4n) is 4.39. The number of rotatable bonds is 3. The van der Waals surface area contributed by atoms with Crippen molar-refractivity contribution >= 4 is 35.2 Å². The Labute approximate surface area is 170 Å². The van der Waals surface area contributed by atoms with Gasteiger partial charge in [0.1, 0.15) is 6.04 Å². The molecule has 3 aliphatic rings. The molecule has 2 atom stereocenters. The number of carbonyl (C=O) groups is 3. The highest BCUT2D eigenvalue weighted by Crippen LogP contribution is 2.47.